The van der Waals surface area contributed by atoms with E-state index >= 15 is 0 Å². The van der Waals surface area contributed by atoms with Crippen LogP contribution in [0.15, 0.2) is 0 Å². The van der Waals surface area contributed by atoms with E-state index in [9.17, 15) is 15.3 Å². The molecule has 0 aromatic heterocycles. The summed E-state index contributed by atoms with van der Waals surface area (Å²) >= 11 is 0. The zero-order valence-corrected chi connectivity index (χ0v) is 7.34. The van der Waals surface area contributed by atoms with Crippen LogP contribution in [-0.2, 0) is 4.74 Å². The van der Waals surface area contributed by atoms with Gasteiger partial charge >= 0.3 is 0 Å². The van der Waals surface area contributed by atoms with Crippen LogP contribution in [0.5, 0.6) is 0 Å². The van der Waals surface area contributed by atoms with Crippen LogP contribution in [0.3, 0.4) is 0 Å². The number of aliphatic hydroxyl groups is 3. The first-order valence-electron chi connectivity index (χ1n) is 4.27. The van der Waals surface area contributed by atoms with Crippen LogP contribution in [-0.4, -0.2) is 39.9 Å². The van der Waals surface area contributed by atoms with Crippen LogP contribution in [0.2, 0.25) is 0 Å². The molecule has 0 saturated carbocycles. The Morgan fingerprint density at radius 3 is 2.25 bits per heavy atom. The zero-order chi connectivity index (χ0) is 9.30. The molecule has 1 rings (SSSR count). The summed E-state index contributed by atoms with van der Waals surface area (Å²) in [5.74, 6) is -0.335. The van der Waals surface area contributed by atoms with Crippen molar-refractivity contribution in [2.75, 3.05) is 0 Å². The summed E-state index contributed by atoms with van der Waals surface area (Å²) in [5.41, 5.74) is 0. The molecule has 0 aliphatic carbocycles. The summed E-state index contributed by atoms with van der Waals surface area (Å²) in [6.45, 7) is 3.56. The molecule has 3 N–H and O–H groups in total. The summed E-state index contributed by atoms with van der Waals surface area (Å²) < 4.78 is 4.99. The van der Waals surface area contributed by atoms with Gasteiger partial charge < -0.3 is 20.1 Å². The van der Waals surface area contributed by atoms with Gasteiger partial charge in [-0.2, -0.15) is 0 Å². The molecule has 0 bridgehead atoms. The van der Waals surface area contributed by atoms with E-state index in [0.717, 1.165) is 0 Å². The lowest BCUT2D eigenvalue weighted by molar-refractivity contribution is -0.265. The maximum atomic E-state index is 9.53. The van der Waals surface area contributed by atoms with Gasteiger partial charge in [0.05, 0.1) is 12.2 Å². The number of rotatable bonds is 1. The van der Waals surface area contributed by atoms with Gasteiger partial charge in [-0.25, -0.2) is 0 Å². The third-order valence-electron chi connectivity index (χ3n) is 2.47. The van der Waals surface area contributed by atoms with Crippen molar-refractivity contribution >= 4 is 0 Å². The van der Waals surface area contributed by atoms with Gasteiger partial charge in [-0.1, -0.05) is 13.8 Å². The van der Waals surface area contributed by atoms with Crippen LogP contribution < -0.4 is 0 Å². The van der Waals surface area contributed by atoms with Crippen molar-refractivity contribution in [3.05, 3.63) is 0 Å². The van der Waals surface area contributed by atoms with Gasteiger partial charge in [0.25, 0.3) is 0 Å². The Bertz CT molecular complexity index is 145. The van der Waals surface area contributed by atoms with Crippen molar-refractivity contribution in [3.63, 3.8) is 0 Å². The Kier molecular flexibility index (Phi) is 3.06. The van der Waals surface area contributed by atoms with Crippen molar-refractivity contribution in [1.29, 1.82) is 0 Å². The second-order valence-corrected chi connectivity index (χ2v) is 3.31. The Morgan fingerprint density at radius 1 is 1.17 bits per heavy atom. The van der Waals surface area contributed by atoms with Crippen molar-refractivity contribution in [2.45, 2.75) is 44.9 Å². The molecule has 0 radical (unpaired) electrons. The highest BCUT2D eigenvalue weighted by Crippen LogP contribution is 2.25. The van der Waals surface area contributed by atoms with E-state index in [4.69, 9.17) is 4.74 Å². The van der Waals surface area contributed by atoms with Crippen LogP contribution in [0.4, 0.5) is 0 Å². The van der Waals surface area contributed by atoms with Crippen molar-refractivity contribution < 1.29 is 20.1 Å². The van der Waals surface area contributed by atoms with E-state index in [1.54, 1.807) is 6.92 Å². The summed E-state index contributed by atoms with van der Waals surface area (Å²) in [6.07, 6.45) is -2.56. The first kappa shape index (κ1) is 9.92. The van der Waals surface area contributed by atoms with Gasteiger partial charge in [-0.15, -0.1) is 0 Å². The van der Waals surface area contributed by atoms with Crippen LogP contribution in [0.1, 0.15) is 20.3 Å². The molecule has 0 aromatic carbocycles. The topological polar surface area (TPSA) is 69.9 Å². The smallest absolute Gasteiger partial charge is 0.181 e. The highest BCUT2D eigenvalue weighted by molar-refractivity contribution is 4.85. The summed E-state index contributed by atoms with van der Waals surface area (Å²) in [7, 11) is 0. The molecule has 0 spiro atoms. The average molecular weight is 176 g/mol. The van der Waals surface area contributed by atoms with Crippen LogP contribution >= 0.6 is 0 Å². The van der Waals surface area contributed by atoms with Crippen molar-refractivity contribution in [1.82, 2.24) is 0 Å². The van der Waals surface area contributed by atoms with Gasteiger partial charge in [-0.3, -0.25) is 0 Å². The molecule has 0 aromatic rings. The third-order valence-corrected chi connectivity index (χ3v) is 2.47. The minimum atomic E-state index is -1.16. The summed E-state index contributed by atoms with van der Waals surface area (Å²) in [5, 5.41) is 28.0. The van der Waals surface area contributed by atoms with Gasteiger partial charge in [-0.05, 0) is 6.42 Å². The first-order valence-corrected chi connectivity index (χ1v) is 4.27. The molecule has 1 heterocycles. The van der Waals surface area contributed by atoms with Gasteiger partial charge in [0.1, 0.15) is 6.10 Å². The predicted molar refractivity (Wildman–Crippen MR) is 42.3 cm³/mol. The first-order chi connectivity index (χ1) is 5.57. The Hall–Kier alpha value is -0.160. The molecular formula is C8H16O4. The normalized spacial score (nSPS) is 49.2. The lowest BCUT2D eigenvalue weighted by Gasteiger charge is -2.39. The molecule has 72 valence electrons. The maximum absolute atomic E-state index is 9.53. The fourth-order valence-corrected chi connectivity index (χ4v) is 1.48. The minimum Gasteiger partial charge on any atom is -0.390 e. The van der Waals surface area contributed by atoms with E-state index in [-0.39, 0.29) is 12.0 Å². The van der Waals surface area contributed by atoms with Crippen molar-refractivity contribution in [3.8, 4) is 0 Å². The minimum absolute atomic E-state index is 0.335. The zero-order valence-electron chi connectivity index (χ0n) is 7.34. The quantitative estimate of drug-likeness (QED) is 0.502. The Labute approximate surface area is 71.8 Å². The van der Waals surface area contributed by atoms with Crippen LogP contribution in [0.25, 0.3) is 0 Å². The molecule has 0 amide bonds. The van der Waals surface area contributed by atoms with E-state index in [1.807, 2.05) is 6.92 Å². The lowest BCUT2D eigenvalue weighted by Crippen LogP contribution is -2.52. The Morgan fingerprint density at radius 2 is 1.75 bits per heavy atom. The lowest BCUT2D eigenvalue weighted by atomic mass is 9.90. The molecule has 1 fully saturated rings. The van der Waals surface area contributed by atoms with Crippen molar-refractivity contribution in [2.24, 2.45) is 5.92 Å². The van der Waals surface area contributed by atoms with Gasteiger partial charge in [0.15, 0.2) is 6.29 Å². The van der Waals surface area contributed by atoms with E-state index in [1.165, 1.54) is 0 Å². The largest absolute Gasteiger partial charge is 0.390 e. The molecule has 12 heavy (non-hydrogen) atoms. The fourth-order valence-electron chi connectivity index (χ4n) is 1.48. The predicted octanol–water partition coefficient (Wildman–Crippen LogP) is -0.529. The number of aliphatic hydroxyl groups excluding tert-OH is 3. The monoisotopic (exact) mass is 176 g/mol. The maximum Gasteiger partial charge on any atom is 0.181 e. The SMILES string of the molecule is CC[C@@H]1OC(O)C(O)C(C)C1O. The molecule has 1 saturated heterocycles. The molecule has 4 heteroatoms. The van der Waals surface area contributed by atoms with Gasteiger partial charge in [0, 0.05) is 5.92 Å². The second-order valence-electron chi connectivity index (χ2n) is 3.31. The summed E-state index contributed by atoms with van der Waals surface area (Å²) in [4.78, 5) is 0. The molecule has 1 aliphatic heterocycles. The molecular weight excluding hydrogens is 160 g/mol. The molecule has 4 nitrogen and oxygen atoms in total. The standard InChI is InChI=1S/C8H16O4/c1-3-5-6(9)4(2)7(10)8(11)12-5/h4-11H,3H2,1-2H3/t4?,5-,6?,7?,8?/m0/s1. The van der Waals surface area contributed by atoms with E-state index in [0.29, 0.717) is 6.42 Å². The molecule has 1 aliphatic rings. The second kappa shape index (κ2) is 3.70. The number of ether oxygens (including phenoxy) is 1. The van der Waals surface area contributed by atoms with E-state index in [2.05, 4.69) is 0 Å². The van der Waals surface area contributed by atoms with E-state index < -0.39 is 18.5 Å². The molecule has 4 unspecified atom stereocenters. The summed E-state index contributed by atoms with van der Waals surface area (Å²) in [6, 6.07) is 0. The molecule has 5 atom stereocenters. The van der Waals surface area contributed by atoms with Crippen LogP contribution in [0, 0.1) is 5.92 Å². The third kappa shape index (κ3) is 1.61. The average Bonchev–Trinajstić information content (AvgIpc) is 2.08. The van der Waals surface area contributed by atoms with Gasteiger partial charge in [0.2, 0.25) is 0 Å². The number of hydrogen-bond acceptors (Lipinski definition) is 4. The fraction of sp³-hybridized carbons (Fsp3) is 1.00. The number of hydrogen-bond donors (Lipinski definition) is 3. The Balaban J connectivity index is 2.63. The highest BCUT2D eigenvalue weighted by Gasteiger charge is 2.40. The highest BCUT2D eigenvalue weighted by atomic mass is 16.6.